The minimum atomic E-state index is 0. The number of halogens is 3. The van der Waals surface area contributed by atoms with Gasteiger partial charge in [-0.1, -0.05) is 29.3 Å². The summed E-state index contributed by atoms with van der Waals surface area (Å²) in [5.41, 5.74) is 2.01. The van der Waals surface area contributed by atoms with Crippen LogP contribution in [0.15, 0.2) is 35.5 Å². The van der Waals surface area contributed by atoms with E-state index in [4.69, 9.17) is 23.2 Å². The molecule has 0 aliphatic carbocycles. The molecule has 23 heavy (non-hydrogen) atoms. The van der Waals surface area contributed by atoms with Gasteiger partial charge in [-0.15, -0.1) is 24.0 Å². The maximum Gasteiger partial charge on any atom is 0.191 e. The first-order valence-electron chi connectivity index (χ1n) is 7.03. The summed E-state index contributed by atoms with van der Waals surface area (Å²) in [5, 5.41) is 11.9. The number of hydrogen-bond acceptors (Lipinski definition) is 2. The fraction of sp³-hybridized carbons (Fsp3) is 0.333. The first kappa shape index (κ1) is 20.1. The number of benzene rings is 1. The fourth-order valence-corrected chi connectivity index (χ4v) is 2.37. The smallest absolute Gasteiger partial charge is 0.191 e. The molecule has 5 nitrogen and oxygen atoms in total. The summed E-state index contributed by atoms with van der Waals surface area (Å²) in [6.45, 7) is 3.94. The van der Waals surface area contributed by atoms with Crippen LogP contribution in [0.25, 0.3) is 0 Å². The molecule has 2 aromatic rings. The van der Waals surface area contributed by atoms with Gasteiger partial charge in [0.2, 0.25) is 0 Å². The molecule has 0 aliphatic rings. The Morgan fingerprint density at radius 2 is 2.04 bits per heavy atom. The summed E-state index contributed by atoms with van der Waals surface area (Å²) >= 11 is 12.1. The van der Waals surface area contributed by atoms with Gasteiger partial charge in [-0.2, -0.15) is 5.10 Å². The standard InChI is InChI=1S/C15H19Cl2N5.HI/c1-3-18-15(20-10-13-6-7-21-22(13)2)19-9-11-4-5-12(16)8-14(11)17;/h4-8H,3,9-10H2,1-2H3,(H2,18,19,20);1H. The van der Waals surface area contributed by atoms with Gasteiger partial charge in [0.25, 0.3) is 0 Å². The first-order valence-corrected chi connectivity index (χ1v) is 7.78. The lowest BCUT2D eigenvalue weighted by molar-refractivity contribution is 0.685. The Kier molecular flexibility index (Phi) is 8.72. The Hall–Kier alpha value is -0.990. The molecule has 2 rings (SSSR count). The Labute approximate surface area is 163 Å². The molecule has 1 aromatic carbocycles. The molecule has 0 spiro atoms. The minimum Gasteiger partial charge on any atom is -0.357 e. The molecule has 126 valence electrons. The number of rotatable bonds is 5. The topological polar surface area (TPSA) is 54.2 Å². The third kappa shape index (κ3) is 6.19. The quantitative estimate of drug-likeness (QED) is 0.401. The number of aryl methyl sites for hydroxylation is 1. The normalized spacial score (nSPS) is 11.0. The van der Waals surface area contributed by atoms with Crippen molar-refractivity contribution in [2.75, 3.05) is 6.54 Å². The summed E-state index contributed by atoms with van der Waals surface area (Å²) in [6.07, 6.45) is 1.77. The summed E-state index contributed by atoms with van der Waals surface area (Å²) in [7, 11) is 1.91. The van der Waals surface area contributed by atoms with Gasteiger partial charge in [-0.3, -0.25) is 4.68 Å². The van der Waals surface area contributed by atoms with Crippen molar-refractivity contribution in [2.24, 2.45) is 12.0 Å². The van der Waals surface area contributed by atoms with Crippen molar-refractivity contribution in [3.8, 4) is 0 Å². The second kappa shape index (κ2) is 10.00. The number of aliphatic imine (C=N–C) groups is 1. The van der Waals surface area contributed by atoms with E-state index in [0.29, 0.717) is 23.1 Å². The SMILES string of the molecule is CCNC(=NCc1ccc(Cl)cc1Cl)NCc1ccnn1C.I. The lowest BCUT2D eigenvalue weighted by Gasteiger charge is -2.11. The summed E-state index contributed by atoms with van der Waals surface area (Å²) in [4.78, 5) is 4.54. The summed E-state index contributed by atoms with van der Waals surface area (Å²) < 4.78 is 1.83. The zero-order chi connectivity index (χ0) is 15.9. The van der Waals surface area contributed by atoms with Gasteiger partial charge in [-0.25, -0.2) is 4.99 Å². The van der Waals surface area contributed by atoms with Gasteiger partial charge >= 0.3 is 0 Å². The van der Waals surface area contributed by atoms with E-state index in [1.807, 2.05) is 36.9 Å². The first-order chi connectivity index (χ1) is 10.6. The van der Waals surface area contributed by atoms with Crippen LogP contribution in [0.1, 0.15) is 18.2 Å². The monoisotopic (exact) mass is 467 g/mol. The molecule has 0 aliphatic heterocycles. The molecule has 2 N–H and O–H groups in total. The Morgan fingerprint density at radius 1 is 1.26 bits per heavy atom. The molecule has 0 bridgehead atoms. The largest absolute Gasteiger partial charge is 0.357 e. The molecule has 8 heteroatoms. The Bertz CT molecular complexity index is 657. The maximum atomic E-state index is 6.16. The van der Waals surface area contributed by atoms with Crippen LogP contribution in [0.4, 0.5) is 0 Å². The lowest BCUT2D eigenvalue weighted by Crippen LogP contribution is -2.37. The predicted molar refractivity (Wildman–Crippen MR) is 107 cm³/mol. The predicted octanol–water partition coefficient (Wildman–Crippen LogP) is 3.60. The van der Waals surface area contributed by atoms with E-state index in [0.717, 1.165) is 23.8 Å². The highest BCUT2D eigenvalue weighted by molar-refractivity contribution is 14.0. The second-order valence-corrected chi connectivity index (χ2v) is 5.57. The van der Waals surface area contributed by atoms with Crippen molar-refractivity contribution in [1.82, 2.24) is 20.4 Å². The third-order valence-electron chi connectivity index (χ3n) is 3.13. The number of aromatic nitrogens is 2. The molecule has 1 heterocycles. The van der Waals surface area contributed by atoms with E-state index in [9.17, 15) is 0 Å². The molecule has 0 saturated carbocycles. The van der Waals surface area contributed by atoms with Crippen molar-refractivity contribution in [1.29, 1.82) is 0 Å². The molecule has 0 amide bonds. The van der Waals surface area contributed by atoms with Crippen molar-refractivity contribution in [2.45, 2.75) is 20.0 Å². The second-order valence-electron chi connectivity index (χ2n) is 4.73. The van der Waals surface area contributed by atoms with Gasteiger partial charge in [0.05, 0.1) is 18.8 Å². The van der Waals surface area contributed by atoms with E-state index in [-0.39, 0.29) is 24.0 Å². The zero-order valence-corrected chi connectivity index (χ0v) is 16.9. The molecular weight excluding hydrogens is 448 g/mol. The fourth-order valence-electron chi connectivity index (χ4n) is 1.90. The summed E-state index contributed by atoms with van der Waals surface area (Å²) in [6, 6.07) is 7.39. The van der Waals surface area contributed by atoms with Gasteiger partial charge in [0.15, 0.2) is 5.96 Å². The number of hydrogen-bond donors (Lipinski definition) is 2. The van der Waals surface area contributed by atoms with E-state index < -0.39 is 0 Å². The average molecular weight is 468 g/mol. The van der Waals surface area contributed by atoms with Crippen LogP contribution in [0.3, 0.4) is 0 Å². The van der Waals surface area contributed by atoms with Gasteiger partial charge < -0.3 is 10.6 Å². The van der Waals surface area contributed by atoms with Crippen LogP contribution in [0.2, 0.25) is 10.0 Å². The van der Waals surface area contributed by atoms with Crippen LogP contribution in [-0.4, -0.2) is 22.3 Å². The molecule has 0 fully saturated rings. The number of nitrogens with zero attached hydrogens (tertiary/aromatic N) is 3. The van der Waals surface area contributed by atoms with Crippen molar-refractivity contribution in [3.05, 3.63) is 51.8 Å². The highest BCUT2D eigenvalue weighted by Gasteiger charge is 2.03. The van der Waals surface area contributed by atoms with Crippen LogP contribution >= 0.6 is 47.2 Å². The minimum absolute atomic E-state index is 0. The van der Waals surface area contributed by atoms with Crippen LogP contribution < -0.4 is 10.6 Å². The van der Waals surface area contributed by atoms with Crippen molar-refractivity contribution >= 4 is 53.1 Å². The molecular formula is C15H20Cl2IN5. The van der Waals surface area contributed by atoms with Gasteiger partial charge in [0, 0.05) is 29.8 Å². The van der Waals surface area contributed by atoms with E-state index in [1.54, 1.807) is 12.3 Å². The van der Waals surface area contributed by atoms with Crippen LogP contribution in [-0.2, 0) is 20.1 Å². The van der Waals surface area contributed by atoms with Gasteiger partial charge in [-0.05, 0) is 30.7 Å². The zero-order valence-electron chi connectivity index (χ0n) is 13.0. The maximum absolute atomic E-state index is 6.16. The van der Waals surface area contributed by atoms with Crippen LogP contribution in [0, 0.1) is 0 Å². The molecule has 0 saturated heterocycles. The highest BCUT2D eigenvalue weighted by Crippen LogP contribution is 2.21. The molecule has 0 atom stereocenters. The van der Waals surface area contributed by atoms with E-state index in [1.165, 1.54) is 0 Å². The average Bonchev–Trinajstić information content (AvgIpc) is 2.89. The third-order valence-corrected chi connectivity index (χ3v) is 3.71. The van der Waals surface area contributed by atoms with Crippen LogP contribution in [0.5, 0.6) is 0 Å². The van der Waals surface area contributed by atoms with E-state index in [2.05, 4.69) is 20.7 Å². The molecule has 1 aromatic heterocycles. The summed E-state index contributed by atoms with van der Waals surface area (Å²) in [5.74, 6) is 0.731. The molecule has 0 radical (unpaired) electrons. The lowest BCUT2D eigenvalue weighted by atomic mass is 10.2. The van der Waals surface area contributed by atoms with Gasteiger partial charge in [0.1, 0.15) is 0 Å². The highest BCUT2D eigenvalue weighted by atomic mass is 127. The number of guanidine groups is 1. The van der Waals surface area contributed by atoms with E-state index >= 15 is 0 Å². The van der Waals surface area contributed by atoms with Crippen molar-refractivity contribution < 1.29 is 0 Å². The Balaban J connectivity index is 0.00000264. The van der Waals surface area contributed by atoms with Crippen molar-refractivity contribution in [3.63, 3.8) is 0 Å². The Morgan fingerprint density at radius 3 is 2.65 bits per heavy atom. The molecule has 0 unspecified atom stereocenters. The number of nitrogens with one attached hydrogen (secondary N) is 2.